The van der Waals surface area contributed by atoms with Crippen LogP contribution in [-0.2, 0) is 11.2 Å². The number of hydrogen-bond donors (Lipinski definition) is 2. The Labute approximate surface area is 174 Å². The van der Waals surface area contributed by atoms with E-state index in [-0.39, 0.29) is 18.1 Å². The summed E-state index contributed by atoms with van der Waals surface area (Å²) in [7, 11) is 0. The van der Waals surface area contributed by atoms with Gasteiger partial charge in [0.2, 0.25) is 0 Å². The van der Waals surface area contributed by atoms with Gasteiger partial charge >= 0.3 is 0 Å². The average Bonchev–Trinajstić information content (AvgIpc) is 2.74. The first-order valence-corrected chi connectivity index (χ1v) is 11.5. The summed E-state index contributed by atoms with van der Waals surface area (Å²) in [6.07, 6.45) is 7.51. The molecule has 2 N–H and O–H groups in total. The molecule has 2 unspecified atom stereocenters. The van der Waals surface area contributed by atoms with E-state index >= 15 is 0 Å². The van der Waals surface area contributed by atoms with Crippen LogP contribution >= 0.6 is 0 Å². The van der Waals surface area contributed by atoms with Gasteiger partial charge in [0.05, 0.1) is 12.1 Å². The molecular formula is C24H36N2O3. The highest BCUT2D eigenvalue weighted by Crippen LogP contribution is 2.43. The molecule has 1 aliphatic carbocycles. The molecular weight excluding hydrogens is 364 g/mol. The van der Waals surface area contributed by atoms with E-state index in [4.69, 9.17) is 0 Å². The minimum absolute atomic E-state index is 0.0701. The van der Waals surface area contributed by atoms with E-state index in [0.717, 1.165) is 6.42 Å². The molecule has 2 aliphatic heterocycles. The van der Waals surface area contributed by atoms with Gasteiger partial charge in [0, 0.05) is 26.2 Å². The molecule has 1 saturated heterocycles. The molecule has 0 aromatic heterocycles. The number of aliphatic hydroxyl groups is 2. The van der Waals surface area contributed by atoms with Crippen LogP contribution in [0.25, 0.3) is 0 Å². The summed E-state index contributed by atoms with van der Waals surface area (Å²) >= 11 is 0. The van der Waals surface area contributed by atoms with E-state index in [2.05, 4.69) is 29.2 Å². The third-order valence-electron chi connectivity index (χ3n) is 7.29. The number of fused-ring (bicyclic) bond motifs is 1. The third-order valence-corrected chi connectivity index (χ3v) is 7.29. The number of amides is 1. The number of piperidine rings is 1. The van der Waals surface area contributed by atoms with E-state index in [0.29, 0.717) is 44.9 Å². The molecule has 0 radical (unpaired) electrons. The first-order chi connectivity index (χ1) is 14.0. The van der Waals surface area contributed by atoms with Crippen molar-refractivity contribution in [3.8, 4) is 0 Å². The van der Waals surface area contributed by atoms with Crippen molar-refractivity contribution in [2.45, 2.75) is 76.0 Å². The maximum Gasteiger partial charge on any atom is 0.255 e. The number of likely N-dealkylation sites (tertiary alicyclic amines) is 1. The van der Waals surface area contributed by atoms with Crippen molar-refractivity contribution in [3.05, 3.63) is 35.4 Å². The quantitative estimate of drug-likeness (QED) is 0.816. The lowest BCUT2D eigenvalue weighted by atomic mass is 9.76. The van der Waals surface area contributed by atoms with E-state index < -0.39 is 5.60 Å². The number of β-amino-alcohol motifs (C(OH)–C–C–N with tert-alkyl or cyclic N) is 1. The first-order valence-electron chi connectivity index (χ1n) is 11.5. The van der Waals surface area contributed by atoms with E-state index in [1.807, 2.05) is 4.90 Å². The number of carbonyl (C=O) groups excluding carboxylic acids is 1. The summed E-state index contributed by atoms with van der Waals surface area (Å²) < 4.78 is 0. The van der Waals surface area contributed by atoms with Crippen molar-refractivity contribution >= 4 is 5.91 Å². The molecule has 2 heterocycles. The highest BCUT2D eigenvalue weighted by atomic mass is 16.3. The number of carbonyl (C=O) groups is 1. The Morgan fingerprint density at radius 2 is 1.83 bits per heavy atom. The SMILES string of the molecule is CC(O)CN1CCC(O)(C(=O)N2CCc3ccccc3C2C2CCCCC2)CC1. The van der Waals surface area contributed by atoms with Gasteiger partial charge in [-0.2, -0.15) is 0 Å². The monoisotopic (exact) mass is 400 g/mol. The maximum atomic E-state index is 13.7. The van der Waals surface area contributed by atoms with E-state index in [1.54, 1.807) is 6.92 Å². The number of rotatable bonds is 4. The molecule has 29 heavy (non-hydrogen) atoms. The molecule has 1 aromatic carbocycles. The largest absolute Gasteiger partial charge is 0.392 e. The second kappa shape index (κ2) is 8.75. The van der Waals surface area contributed by atoms with Crippen LogP contribution in [0.1, 0.15) is 69.0 Å². The topological polar surface area (TPSA) is 64.0 Å². The summed E-state index contributed by atoms with van der Waals surface area (Å²) in [4.78, 5) is 17.9. The maximum absolute atomic E-state index is 13.7. The predicted octanol–water partition coefficient (Wildman–Crippen LogP) is 2.90. The fourth-order valence-electron chi connectivity index (χ4n) is 5.74. The fourth-order valence-corrected chi connectivity index (χ4v) is 5.74. The number of hydrogen-bond acceptors (Lipinski definition) is 4. The summed E-state index contributed by atoms with van der Waals surface area (Å²) in [6, 6.07) is 8.69. The highest BCUT2D eigenvalue weighted by molar-refractivity contribution is 5.86. The van der Waals surface area contributed by atoms with Gasteiger partial charge in [0.15, 0.2) is 0 Å². The lowest BCUT2D eigenvalue weighted by molar-refractivity contribution is -0.161. The summed E-state index contributed by atoms with van der Waals surface area (Å²) in [5.41, 5.74) is 1.40. The summed E-state index contributed by atoms with van der Waals surface area (Å²) in [6.45, 7) is 4.41. The van der Waals surface area contributed by atoms with Gasteiger partial charge in [0.1, 0.15) is 5.60 Å². The second-order valence-electron chi connectivity index (χ2n) is 9.47. The second-order valence-corrected chi connectivity index (χ2v) is 9.47. The van der Waals surface area contributed by atoms with Crippen molar-refractivity contribution in [1.82, 2.24) is 9.80 Å². The Bertz CT molecular complexity index is 706. The number of benzene rings is 1. The van der Waals surface area contributed by atoms with E-state index in [1.165, 1.54) is 43.2 Å². The Balaban J connectivity index is 1.55. The molecule has 4 rings (SSSR count). The minimum Gasteiger partial charge on any atom is -0.392 e. The van der Waals surface area contributed by atoms with Crippen molar-refractivity contribution < 1.29 is 15.0 Å². The molecule has 2 fully saturated rings. The molecule has 2 atom stereocenters. The zero-order chi connectivity index (χ0) is 20.4. The normalized spacial score (nSPS) is 26.7. The van der Waals surface area contributed by atoms with Crippen LogP contribution in [0.3, 0.4) is 0 Å². The van der Waals surface area contributed by atoms with Crippen LogP contribution in [0.15, 0.2) is 24.3 Å². The zero-order valence-corrected chi connectivity index (χ0v) is 17.7. The number of aliphatic hydroxyl groups excluding tert-OH is 1. The number of nitrogens with zero attached hydrogens (tertiary/aromatic N) is 2. The lowest BCUT2D eigenvalue weighted by Crippen LogP contribution is -2.58. The molecule has 0 bridgehead atoms. The summed E-state index contributed by atoms with van der Waals surface area (Å²) in [5.74, 6) is 0.423. The van der Waals surface area contributed by atoms with Crippen molar-refractivity contribution in [2.24, 2.45) is 5.92 Å². The van der Waals surface area contributed by atoms with E-state index in [9.17, 15) is 15.0 Å². The predicted molar refractivity (Wildman–Crippen MR) is 113 cm³/mol. The van der Waals surface area contributed by atoms with Crippen LogP contribution in [0, 0.1) is 5.92 Å². The van der Waals surface area contributed by atoms with Crippen LogP contribution in [0.2, 0.25) is 0 Å². The Morgan fingerprint density at radius 3 is 2.52 bits per heavy atom. The smallest absolute Gasteiger partial charge is 0.255 e. The lowest BCUT2D eigenvalue weighted by Gasteiger charge is -2.47. The van der Waals surface area contributed by atoms with Gasteiger partial charge in [-0.25, -0.2) is 0 Å². The van der Waals surface area contributed by atoms with Crippen LogP contribution in [-0.4, -0.2) is 63.8 Å². The van der Waals surface area contributed by atoms with Gasteiger partial charge in [-0.15, -0.1) is 0 Å². The molecule has 160 valence electrons. The fraction of sp³-hybridized carbons (Fsp3) is 0.708. The summed E-state index contributed by atoms with van der Waals surface area (Å²) in [5, 5.41) is 21.0. The van der Waals surface area contributed by atoms with Crippen LogP contribution in [0.5, 0.6) is 0 Å². The Morgan fingerprint density at radius 1 is 1.14 bits per heavy atom. The third kappa shape index (κ3) is 4.37. The molecule has 5 nitrogen and oxygen atoms in total. The Kier molecular flexibility index (Phi) is 6.28. The average molecular weight is 401 g/mol. The molecule has 5 heteroatoms. The molecule has 3 aliphatic rings. The molecule has 1 saturated carbocycles. The van der Waals surface area contributed by atoms with Gasteiger partial charge in [-0.3, -0.25) is 4.79 Å². The van der Waals surface area contributed by atoms with Crippen molar-refractivity contribution in [1.29, 1.82) is 0 Å². The standard InChI is InChI=1S/C24H36N2O3/c1-18(27)17-25-15-12-24(29,13-16-25)23(28)26-14-11-19-7-5-6-10-21(19)22(26)20-8-3-2-4-9-20/h5-7,10,18,20,22,27,29H,2-4,8-9,11-17H2,1H3. The zero-order valence-electron chi connectivity index (χ0n) is 17.7. The van der Waals surface area contributed by atoms with Gasteiger partial charge < -0.3 is 20.0 Å². The van der Waals surface area contributed by atoms with Gasteiger partial charge in [0.25, 0.3) is 5.91 Å². The van der Waals surface area contributed by atoms with Gasteiger partial charge in [-0.1, -0.05) is 43.5 Å². The molecule has 1 aromatic rings. The molecule has 1 amide bonds. The first kappa shape index (κ1) is 20.8. The van der Waals surface area contributed by atoms with Crippen LogP contribution in [0.4, 0.5) is 0 Å². The highest BCUT2D eigenvalue weighted by Gasteiger charge is 2.46. The van der Waals surface area contributed by atoms with Crippen molar-refractivity contribution in [2.75, 3.05) is 26.2 Å². The van der Waals surface area contributed by atoms with Gasteiger partial charge in [-0.05, 0) is 56.1 Å². The molecule has 0 spiro atoms. The Hall–Kier alpha value is -1.43. The van der Waals surface area contributed by atoms with Crippen LogP contribution < -0.4 is 0 Å². The van der Waals surface area contributed by atoms with Crippen molar-refractivity contribution in [3.63, 3.8) is 0 Å². The minimum atomic E-state index is -1.27.